The van der Waals surface area contributed by atoms with Gasteiger partial charge < -0.3 is 4.90 Å². The molecule has 0 amide bonds. The van der Waals surface area contributed by atoms with Gasteiger partial charge in [0.05, 0.1) is 5.41 Å². The first kappa shape index (κ1) is 37.4. The molecule has 15 rings (SSSR count). The van der Waals surface area contributed by atoms with Crippen molar-refractivity contribution in [3.8, 4) is 33.4 Å². The maximum atomic E-state index is 2.48. The second kappa shape index (κ2) is 14.1. The molecule has 1 heteroatoms. The van der Waals surface area contributed by atoms with E-state index in [9.17, 15) is 0 Å². The summed E-state index contributed by atoms with van der Waals surface area (Å²) in [7, 11) is 0. The van der Waals surface area contributed by atoms with E-state index in [1.54, 1.807) is 0 Å². The first-order chi connectivity index (χ1) is 33.7. The van der Waals surface area contributed by atoms with Crippen molar-refractivity contribution in [1.29, 1.82) is 0 Å². The average Bonchev–Trinajstić information content (AvgIpc) is 3.88. The predicted octanol–water partition coefficient (Wildman–Crippen LogP) is 18.1. The number of hydrogen-bond donors (Lipinski definition) is 0. The van der Waals surface area contributed by atoms with Gasteiger partial charge in [-0.25, -0.2) is 0 Å². The highest BCUT2D eigenvalue weighted by Gasteiger charge is 2.51. The summed E-state index contributed by atoms with van der Waals surface area (Å²) in [6, 6.07) is 93.2. The van der Waals surface area contributed by atoms with Crippen LogP contribution >= 0.6 is 0 Å². The molecule has 13 aromatic rings. The summed E-state index contributed by atoms with van der Waals surface area (Å²) in [5.41, 5.74) is 16.1. The molecule has 68 heavy (non-hydrogen) atoms. The van der Waals surface area contributed by atoms with Gasteiger partial charge in [-0.2, -0.15) is 0 Å². The Hall–Kier alpha value is -8.78. The Bertz CT molecular complexity index is 3980. The minimum Gasteiger partial charge on any atom is -0.310 e. The Morgan fingerprint density at radius 2 is 0.515 bits per heavy atom. The van der Waals surface area contributed by atoms with Crippen LogP contribution in [0.2, 0.25) is 0 Å². The normalized spacial score (nSPS) is 13.1. The van der Waals surface area contributed by atoms with E-state index in [-0.39, 0.29) is 5.41 Å². The number of nitrogens with zero attached hydrogens (tertiary/aromatic N) is 1. The molecule has 0 heterocycles. The Morgan fingerprint density at radius 1 is 0.206 bits per heavy atom. The van der Waals surface area contributed by atoms with Gasteiger partial charge in [0.2, 0.25) is 0 Å². The standard InChI is InChI=1S/C67H41N/c1-3-19-51-47(15-1)49-17-5-7-21-53(49)61-40-45(34-37-55(51)61)68(46-35-38-56-52-20-4-2-16-48(52)50-18-6-8-22-54(50)62(56)41-46)44-32-29-42(30-33-44)43-31-36-60-59-25-11-14-28-65(59)67(66(60)39-43)63-26-12-9-23-57(63)58-24-10-13-27-64(58)67/h1-41H. The third-order valence-electron chi connectivity index (χ3n) is 15.4. The highest BCUT2D eigenvalue weighted by atomic mass is 15.1. The van der Waals surface area contributed by atoms with E-state index in [1.165, 1.54) is 120 Å². The van der Waals surface area contributed by atoms with Crippen LogP contribution in [0, 0.1) is 0 Å². The van der Waals surface area contributed by atoms with Crippen LogP contribution in [-0.4, -0.2) is 0 Å². The third kappa shape index (κ3) is 5.05. The summed E-state index contributed by atoms with van der Waals surface area (Å²) >= 11 is 0. The number of hydrogen-bond acceptors (Lipinski definition) is 1. The van der Waals surface area contributed by atoms with Crippen molar-refractivity contribution >= 4 is 81.7 Å². The van der Waals surface area contributed by atoms with Crippen LogP contribution in [0.15, 0.2) is 249 Å². The molecule has 1 spiro atoms. The van der Waals surface area contributed by atoms with Gasteiger partial charge in [0.15, 0.2) is 0 Å². The number of fused-ring (bicyclic) bond motifs is 22. The van der Waals surface area contributed by atoms with Crippen LogP contribution in [0.3, 0.4) is 0 Å². The monoisotopic (exact) mass is 859 g/mol. The summed E-state index contributed by atoms with van der Waals surface area (Å²) in [6.45, 7) is 0. The van der Waals surface area contributed by atoms with E-state index in [0.29, 0.717) is 0 Å². The average molecular weight is 860 g/mol. The smallest absolute Gasteiger partial charge is 0.0725 e. The molecule has 0 N–H and O–H groups in total. The van der Waals surface area contributed by atoms with Gasteiger partial charge in [-0.3, -0.25) is 0 Å². The van der Waals surface area contributed by atoms with Crippen LogP contribution in [0.25, 0.3) is 98.0 Å². The molecule has 13 aromatic carbocycles. The SMILES string of the molecule is c1ccc2c(c1)-c1ccccc1C21c2ccccc2-c2ccc(-c3ccc(N(c4ccc5c6ccccc6c6ccccc6c5c4)c4ccc5c6ccccc6c6ccccc6c5c4)cc3)cc21. The van der Waals surface area contributed by atoms with Crippen molar-refractivity contribution in [2.24, 2.45) is 0 Å². The van der Waals surface area contributed by atoms with Crippen LogP contribution < -0.4 is 4.90 Å². The molecule has 0 unspecified atom stereocenters. The third-order valence-corrected chi connectivity index (χ3v) is 15.4. The number of rotatable bonds is 4. The van der Waals surface area contributed by atoms with Gasteiger partial charge in [0.25, 0.3) is 0 Å². The van der Waals surface area contributed by atoms with Gasteiger partial charge >= 0.3 is 0 Å². The summed E-state index contributed by atoms with van der Waals surface area (Å²) in [5, 5.41) is 15.2. The molecular formula is C67H41N. The summed E-state index contributed by atoms with van der Waals surface area (Å²) in [4.78, 5) is 2.46. The van der Waals surface area contributed by atoms with Crippen molar-refractivity contribution in [2.45, 2.75) is 5.41 Å². The fourth-order valence-corrected chi connectivity index (χ4v) is 12.6. The van der Waals surface area contributed by atoms with E-state index in [1.807, 2.05) is 0 Å². The molecule has 2 aliphatic rings. The zero-order valence-electron chi connectivity index (χ0n) is 37.1. The van der Waals surface area contributed by atoms with Gasteiger partial charge in [-0.05, 0) is 163 Å². The highest BCUT2D eigenvalue weighted by Crippen LogP contribution is 2.63. The van der Waals surface area contributed by atoms with E-state index < -0.39 is 0 Å². The van der Waals surface area contributed by atoms with Gasteiger partial charge in [-0.15, -0.1) is 0 Å². The maximum Gasteiger partial charge on any atom is 0.0725 e. The van der Waals surface area contributed by atoms with Gasteiger partial charge in [-0.1, -0.05) is 206 Å². The van der Waals surface area contributed by atoms with Crippen LogP contribution in [-0.2, 0) is 5.41 Å². The molecule has 0 radical (unpaired) electrons. The van der Waals surface area contributed by atoms with Gasteiger partial charge in [0, 0.05) is 17.1 Å². The van der Waals surface area contributed by atoms with Crippen LogP contribution in [0.5, 0.6) is 0 Å². The van der Waals surface area contributed by atoms with Crippen molar-refractivity contribution in [3.63, 3.8) is 0 Å². The molecule has 0 aliphatic heterocycles. The Kier molecular flexibility index (Phi) is 7.77. The van der Waals surface area contributed by atoms with Crippen molar-refractivity contribution in [3.05, 3.63) is 271 Å². The van der Waals surface area contributed by atoms with E-state index in [4.69, 9.17) is 0 Å². The van der Waals surface area contributed by atoms with Crippen molar-refractivity contribution in [1.82, 2.24) is 0 Å². The molecule has 2 aliphatic carbocycles. The maximum absolute atomic E-state index is 2.48. The largest absolute Gasteiger partial charge is 0.310 e. The summed E-state index contributed by atoms with van der Waals surface area (Å²) in [5.74, 6) is 0. The molecule has 0 saturated carbocycles. The Morgan fingerprint density at radius 3 is 0.926 bits per heavy atom. The summed E-state index contributed by atoms with van der Waals surface area (Å²) < 4.78 is 0. The lowest BCUT2D eigenvalue weighted by molar-refractivity contribution is 0.794. The van der Waals surface area contributed by atoms with Crippen LogP contribution in [0.1, 0.15) is 22.3 Å². The second-order valence-corrected chi connectivity index (χ2v) is 18.7. The number of anilines is 3. The van der Waals surface area contributed by atoms with Gasteiger partial charge in [0.1, 0.15) is 0 Å². The first-order valence-electron chi connectivity index (χ1n) is 23.7. The lowest BCUT2D eigenvalue weighted by Crippen LogP contribution is -2.25. The summed E-state index contributed by atoms with van der Waals surface area (Å²) in [6.07, 6.45) is 0. The fourth-order valence-electron chi connectivity index (χ4n) is 12.6. The molecule has 0 bridgehead atoms. The quantitative estimate of drug-likeness (QED) is 0.159. The topological polar surface area (TPSA) is 3.24 Å². The lowest BCUT2D eigenvalue weighted by Gasteiger charge is -2.30. The van der Waals surface area contributed by atoms with Crippen LogP contribution in [0.4, 0.5) is 17.1 Å². The first-order valence-corrected chi connectivity index (χ1v) is 23.7. The zero-order chi connectivity index (χ0) is 44.5. The molecule has 0 fully saturated rings. The molecule has 314 valence electrons. The van der Waals surface area contributed by atoms with Crippen molar-refractivity contribution < 1.29 is 0 Å². The second-order valence-electron chi connectivity index (χ2n) is 18.7. The van der Waals surface area contributed by atoms with E-state index >= 15 is 0 Å². The minimum absolute atomic E-state index is 0.386. The zero-order valence-corrected chi connectivity index (χ0v) is 37.1. The van der Waals surface area contributed by atoms with E-state index in [0.717, 1.165) is 17.1 Å². The Labute approximate surface area is 394 Å². The van der Waals surface area contributed by atoms with E-state index in [2.05, 4.69) is 254 Å². The minimum atomic E-state index is -0.386. The fraction of sp³-hybridized carbons (Fsp3) is 0.0149. The molecule has 0 atom stereocenters. The molecule has 0 saturated heterocycles. The lowest BCUT2D eigenvalue weighted by atomic mass is 9.70. The number of benzene rings is 13. The Balaban J connectivity index is 0.928. The molecule has 0 aromatic heterocycles. The predicted molar refractivity (Wildman–Crippen MR) is 288 cm³/mol. The van der Waals surface area contributed by atoms with Crippen molar-refractivity contribution in [2.75, 3.05) is 4.90 Å². The molecule has 1 nitrogen and oxygen atoms in total. The highest BCUT2D eigenvalue weighted by molar-refractivity contribution is 6.27. The molecular weight excluding hydrogens is 819 g/mol.